The molecule has 0 spiro atoms. The van der Waals surface area contributed by atoms with Crippen LogP contribution in [-0.2, 0) is 6.42 Å². The third-order valence-corrected chi connectivity index (χ3v) is 3.99. The quantitative estimate of drug-likeness (QED) is 0.756. The van der Waals surface area contributed by atoms with E-state index in [-0.39, 0.29) is 0 Å². The Hall–Kier alpha value is -0.900. The molecule has 102 valence electrons. The first-order chi connectivity index (χ1) is 8.72. The fourth-order valence-electron chi connectivity index (χ4n) is 2.73. The van der Waals surface area contributed by atoms with E-state index in [2.05, 4.69) is 40.9 Å². The highest BCUT2D eigenvalue weighted by atomic mass is 15.3. The van der Waals surface area contributed by atoms with Crippen molar-refractivity contribution < 1.29 is 0 Å². The molecule has 1 aliphatic rings. The summed E-state index contributed by atoms with van der Waals surface area (Å²) >= 11 is 0. The van der Waals surface area contributed by atoms with E-state index in [1.807, 2.05) is 0 Å². The zero-order valence-corrected chi connectivity index (χ0v) is 11.9. The van der Waals surface area contributed by atoms with Gasteiger partial charge >= 0.3 is 0 Å². The minimum absolute atomic E-state index is 0.416. The van der Waals surface area contributed by atoms with Gasteiger partial charge in [-0.1, -0.05) is 6.92 Å². The summed E-state index contributed by atoms with van der Waals surface area (Å²) in [5, 5.41) is 7.86. The highest BCUT2D eigenvalue weighted by Gasteiger charge is 2.31. The van der Waals surface area contributed by atoms with E-state index in [0.29, 0.717) is 6.04 Å². The molecule has 2 unspecified atom stereocenters. The molecular formula is C14H26N4. The zero-order valence-electron chi connectivity index (χ0n) is 11.9. The molecule has 1 aromatic rings. The van der Waals surface area contributed by atoms with Gasteiger partial charge in [0.1, 0.15) is 12.2 Å². The number of hydrogen-bond acceptors (Lipinski definition) is 3. The molecule has 2 rings (SSSR count). The minimum atomic E-state index is 0.416. The molecule has 1 fully saturated rings. The van der Waals surface area contributed by atoms with Gasteiger partial charge in [0.15, 0.2) is 0 Å². The van der Waals surface area contributed by atoms with E-state index in [4.69, 9.17) is 0 Å². The lowest BCUT2D eigenvalue weighted by molar-refractivity contribution is 0.166. The maximum absolute atomic E-state index is 4.42. The van der Waals surface area contributed by atoms with Crippen LogP contribution in [0.3, 0.4) is 0 Å². The standard InChI is InChI=1S/C14H26N4/c1-4-7-15-9-13-6-5-12(13)8-14-16-10-17-18(14)11(2)3/h10-13,15H,4-9H2,1-3H3. The van der Waals surface area contributed by atoms with Gasteiger partial charge in [0.25, 0.3) is 0 Å². The van der Waals surface area contributed by atoms with Crippen LogP contribution >= 0.6 is 0 Å². The maximum Gasteiger partial charge on any atom is 0.138 e. The second kappa shape index (κ2) is 6.32. The fourth-order valence-corrected chi connectivity index (χ4v) is 2.73. The van der Waals surface area contributed by atoms with Crippen molar-refractivity contribution in [2.24, 2.45) is 11.8 Å². The molecule has 4 nitrogen and oxygen atoms in total. The van der Waals surface area contributed by atoms with Gasteiger partial charge in [-0.3, -0.25) is 0 Å². The Bertz CT molecular complexity index is 358. The lowest BCUT2D eigenvalue weighted by atomic mass is 9.71. The molecule has 0 amide bonds. The Morgan fingerprint density at radius 3 is 2.78 bits per heavy atom. The van der Waals surface area contributed by atoms with E-state index in [0.717, 1.165) is 30.6 Å². The second-order valence-corrected chi connectivity index (χ2v) is 5.72. The smallest absolute Gasteiger partial charge is 0.138 e. The molecule has 0 saturated heterocycles. The Kier molecular flexibility index (Phi) is 4.75. The fraction of sp³-hybridized carbons (Fsp3) is 0.857. The summed E-state index contributed by atoms with van der Waals surface area (Å²) in [5.41, 5.74) is 0. The second-order valence-electron chi connectivity index (χ2n) is 5.72. The van der Waals surface area contributed by atoms with E-state index in [1.54, 1.807) is 6.33 Å². The average molecular weight is 250 g/mol. The number of nitrogens with one attached hydrogen (secondary N) is 1. The molecule has 0 bridgehead atoms. The van der Waals surface area contributed by atoms with Crippen LogP contribution in [0.4, 0.5) is 0 Å². The molecule has 4 heteroatoms. The molecule has 0 aromatic carbocycles. The number of aromatic nitrogens is 3. The van der Waals surface area contributed by atoms with Crippen molar-refractivity contribution in [2.75, 3.05) is 13.1 Å². The van der Waals surface area contributed by atoms with Crippen molar-refractivity contribution in [1.82, 2.24) is 20.1 Å². The summed E-state index contributed by atoms with van der Waals surface area (Å²) in [4.78, 5) is 4.42. The van der Waals surface area contributed by atoms with E-state index in [1.165, 1.54) is 25.8 Å². The van der Waals surface area contributed by atoms with Crippen molar-refractivity contribution in [3.63, 3.8) is 0 Å². The summed E-state index contributed by atoms with van der Waals surface area (Å²) in [6.07, 6.45) is 6.73. The molecule has 1 aliphatic carbocycles. The highest BCUT2D eigenvalue weighted by Crippen LogP contribution is 2.36. The molecule has 1 heterocycles. The third kappa shape index (κ3) is 3.10. The van der Waals surface area contributed by atoms with Crippen molar-refractivity contribution in [2.45, 2.75) is 52.5 Å². The van der Waals surface area contributed by atoms with Crippen LogP contribution in [0.25, 0.3) is 0 Å². The van der Waals surface area contributed by atoms with Gasteiger partial charge in [-0.05, 0) is 58.0 Å². The summed E-state index contributed by atoms with van der Waals surface area (Å²) < 4.78 is 2.06. The van der Waals surface area contributed by atoms with Crippen molar-refractivity contribution >= 4 is 0 Å². The Labute approximate surface area is 110 Å². The van der Waals surface area contributed by atoms with Gasteiger partial charge < -0.3 is 5.32 Å². The molecule has 0 radical (unpaired) electrons. The molecular weight excluding hydrogens is 224 g/mol. The highest BCUT2D eigenvalue weighted by molar-refractivity contribution is 4.94. The minimum Gasteiger partial charge on any atom is -0.316 e. The molecule has 18 heavy (non-hydrogen) atoms. The Balaban J connectivity index is 1.84. The predicted molar refractivity (Wildman–Crippen MR) is 73.5 cm³/mol. The normalized spacial score (nSPS) is 23.3. The topological polar surface area (TPSA) is 42.7 Å². The summed E-state index contributed by atoms with van der Waals surface area (Å²) in [6.45, 7) is 8.87. The van der Waals surface area contributed by atoms with Gasteiger partial charge in [0.2, 0.25) is 0 Å². The van der Waals surface area contributed by atoms with E-state index in [9.17, 15) is 0 Å². The van der Waals surface area contributed by atoms with Crippen LogP contribution < -0.4 is 5.32 Å². The summed E-state index contributed by atoms with van der Waals surface area (Å²) in [6, 6.07) is 0.416. The first-order valence-electron chi connectivity index (χ1n) is 7.31. The number of nitrogens with zero attached hydrogens (tertiary/aromatic N) is 3. The van der Waals surface area contributed by atoms with Gasteiger partial charge in [0, 0.05) is 12.5 Å². The van der Waals surface area contributed by atoms with Crippen molar-refractivity contribution in [3.8, 4) is 0 Å². The van der Waals surface area contributed by atoms with Crippen LogP contribution in [0.1, 0.15) is 51.9 Å². The van der Waals surface area contributed by atoms with Gasteiger partial charge in [-0.25, -0.2) is 9.67 Å². The van der Waals surface area contributed by atoms with Crippen LogP contribution in [0.15, 0.2) is 6.33 Å². The van der Waals surface area contributed by atoms with E-state index < -0.39 is 0 Å². The summed E-state index contributed by atoms with van der Waals surface area (Å²) in [5.74, 6) is 2.81. The van der Waals surface area contributed by atoms with Crippen LogP contribution in [-0.4, -0.2) is 27.9 Å². The third-order valence-electron chi connectivity index (χ3n) is 3.99. The van der Waals surface area contributed by atoms with Crippen LogP contribution in [0.2, 0.25) is 0 Å². The average Bonchev–Trinajstić information content (AvgIpc) is 2.78. The van der Waals surface area contributed by atoms with Gasteiger partial charge in [-0.15, -0.1) is 0 Å². The number of rotatable bonds is 7. The molecule has 1 aromatic heterocycles. The SMILES string of the molecule is CCCNCC1CCC1Cc1ncnn1C(C)C. The first-order valence-corrected chi connectivity index (χ1v) is 7.31. The number of hydrogen-bond donors (Lipinski definition) is 1. The largest absolute Gasteiger partial charge is 0.316 e. The lowest BCUT2D eigenvalue weighted by Crippen LogP contribution is -2.37. The Morgan fingerprint density at radius 1 is 1.39 bits per heavy atom. The molecule has 0 aliphatic heterocycles. The van der Waals surface area contributed by atoms with Gasteiger partial charge in [-0.2, -0.15) is 5.10 Å². The maximum atomic E-state index is 4.42. The predicted octanol–water partition coefficient (Wildman–Crippen LogP) is 2.43. The van der Waals surface area contributed by atoms with Gasteiger partial charge in [0.05, 0.1) is 0 Å². The zero-order chi connectivity index (χ0) is 13.0. The molecule has 1 saturated carbocycles. The lowest BCUT2D eigenvalue weighted by Gasteiger charge is -2.36. The molecule has 2 atom stereocenters. The van der Waals surface area contributed by atoms with Crippen LogP contribution in [0.5, 0.6) is 0 Å². The monoisotopic (exact) mass is 250 g/mol. The first kappa shape index (κ1) is 13.5. The summed E-state index contributed by atoms with van der Waals surface area (Å²) in [7, 11) is 0. The van der Waals surface area contributed by atoms with E-state index >= 15 is 0 Å². The van der Waals surface area contributed by atoms with Crippen LogP contribution in [0, 0.1) is 11.8 Å². The molecule has 1 N–H and O–H groups in total. The Morgan fingerprint density at radius 2 is 2.17 bits per heavy atom. The van der Waals surface area contributed by atoms with Crippen molar-refractivity contribution in [3.05, 3.63) is 12.2 Å². The van der Waals surface area contributed by atoms with Crippen molar-refractivity contribution in [1.29, 1.82) is 0 Å².